The zero-order valence-electron chi connectivity index (χ0n) is 15.2. The van der Waals surface area contributed by atoms with E-state index in [-0.39, 0.29) is 0 Å². The number of ether oxygens (including phenoxy) is 2. The van der Waals surface area contributed by atoms with Crippen LogP contribution >= 0.6 is 11.6 Å². The van der Waals surface area contributed by atoms with Crippen LogP contribution in [0.4, 0.5) is 0 Å². The number of hydrogen-bond donors (Lipinski definition) is 2. The minimum Gasteiger partial charge on any atom is -0.490 e. The number of halogens is 1. The Balaban J connectivity index is 2.13. The molecule has 0 aromatic heterocycles. The maximum Gasteiger partial charge on any atom is 0.320 e. The molecule has 0 aliphatic heterocycles. The Kier molecular flexibility index (Phi) is 7.30. The number of hydrogen-bond acceptors (Lipinski definition) is 4. The Labute approximate surface area is 158 Å². The van der Waals surface area contributed by atoms with Crippen LogP contribution in [0.2, 0.25) is 5.02 Å². The van der Waals surface area contributed by atoms with Gasteiger partial charge in [-0.05, 0) is 38.0 Å². The average molecular weight is 378 g/mol. The van der Waals surface area contributed by atoms with Gasteiger partial charge in [0.05, 0.1) is 6.61 Å². The van der Waals surface area contributed by atoms with Crippen LogP contribution in [0.3, 0.4) is 0 Å². The van der Waals surface area contributed by atoms with Gasteiger partial charge in [0.1, 0.15) is 12.6 Å². The number of carbonyl (C=O) groups is 1. The molecule has 0 bridgehead atoms. The highest BCUT2D eigenvalue weighted by Gasteiger charge is 2.14. The molecule has 0 fully saturated rings. The van der Waals surface area contributed by atoms with Gasteiger partial charge in [0.15, 0.2) is 11.5 Å². The maximum atomic E-state index is 10.9. The van der Waals surface area contributed by atoms with E-state index >= 15 is 0 Å². The van der Waals surface area contributed by atoms with Gasteiger partial charge in [-0.1, -0.05) is 41.4 Å². The summed E-state index contributed by atoms with van der Waals surface area (Å²) < 4.78 is 11.6. The second-order valence-electron chi connectivity index (χ2n) is 6.04. The Morgan fingerprint density at radius 3 is 2.46 bits per heavy atom. The van der Waals surface area contributed by atoms with Gasteiger partial charge >= 0.3 is 5.97 Å². The second kappa shape index (κ2) is 9.46. The molecule has 0 spiro atoms. The quantitative estimate of drug-likeness (QED) is 0.685. The lowest BCUT2D eigenvalue weighted by atomic mass is 10.1. The van der Waals surface area contributed by atoms with Crippen LogP contribution in [-0.4, -0.2) is 23.7 Å². The molecule has 26 heavy (non-hydrogen) atoms. The van der Waals surface area contributed by atoms with Gasteiger partial charge in [-0.15, -0.1) is 0 Å². The predicted molar refractivity (Wildman–Crippen MR) is 102 cm³/mol. The molecule has 0 saturated heterocycles. The Morgan fingerprint density at radius 1 is 1.19 bits per heavy atom. The Hall–Kier alpha value is -2.24. The monoisotopic (exact) mass is 377 g/mol. The third kappa shape index (κ3) is 5.64. The van der Waals surface area contributed by atoms with E-state index in [1.165, 1.54) is 5.56 Å². The summed E-state index contributed by atoms with van der Waals surface area (Å²) in [5, 5.41) is 12.4. The summed E-state index contributed by atoms with van der Waals surface area (Å²) >= 11 is 6.34. The lowest BCUT2D eigenvalue weighted by Crippen LogP contribution is -2.33. The number of aryl methyl sites for hydroxylation is 1. The minimum atomic E-state index is -0.913. The first-order chi connectivity index (χ1) is 12.4. The van der Waals surface area contributed by atoms with E-state index in [0.29, 0.717) is 36.3 Å². The van der Waals surface area contributed by atoms with Crippen molar-refractivity contribution in [3.05, 3.63) is 58.1 Å². The molecule has 2 N–H and O–H groups in total. The summed E-state index contributed by atoms with van der Waals surface area (Å²) in [4.78, 5) is 10.9. The molecule has 1 atom stereocenters. The van der Waals surface area contributed by atoms with Gasteiger partial charge in [-0.25, -0.2) is 0 Å². The Bertz CT molecular complexity index is 746. The number of aliphatic carboxylic acids is 1. The molecule has 0 heterocycles. The molecule has 2 aromatic rings. The van der Waals surface area contributed by atoms with Crippen molar-refractivity contribution in [2.24, 2.45) is 0 Å². The standard InChI is InChI=1S/C20H24ClNO4/c1-4-25-18-9-16(11-22-14(3)20(23)24)17(21)10-19(18)26-12-15-7-5-13(2)6-8-15/h5-10,14,22H,4,11-12H2,1-3H3,(H,23,24). The van der Waals surface area contributed by atoms with E-state index < -0.39 is 12.0 Å². The van der Waals surface area contributed by atoms with Crippen molar-refractivity contribution in [1.82, 2.24) is 5.32 Å². The fourth-order valence-electron chi connectivity index (χ4n) is 2.29. The highest BCUT2D eigenvalue weighted by molar-refractivity contribution is 6.31. The highest BCUT2D eigenvalue weighted by Crippen LogP contribution is 2.34. The average Bonchev–Trinajstić information content (AvgIpc) is 2.61. The molecule has 5 nitrogen and oxygen atoms in total. The normalized spacial score (nSPS) is 11.8. The SMILES string of the molecule is CCOc1cc(CNC(C)C(=O)O)c(Cl)cc1OCc1ccc(C)cc1. The molecule has 2 rings (SSSR count). The van der Waals surface area contributed by atoms with Gasteiger partial charge in [0, 0.05) is 17.6 Å². The molecule has 0 aliphatic rings. The van der Waals surface area contributed by atoms with E-state index in [1.807, 2.05) is 38.1 Å². The van der Waals surface area contributed by atoms with Crippen LogP contribution in [0.1, 0.15) is 30.5 Å². The van der Waals surface area contributed by atoms with Crippen LogP contribution in [-0.2, 0) is 17.9 Å². The van der Waals surface area contributed by atoms with Gasteiger partial charge in [-0.3, -0.25) is 4.79 Å². The molecule has 0 aliphatic carbocycles. The van der Waals surface area contributed by atoms with E-state index in [0.717, 1.165) is 11.1 Å². The van der Waals surface area contributed by atoms with E-state index in [1.54, 1.807) is 19.1 Å². The lowest BCUT2D eigenvalue weighted by molar-refractivity contribution is -0.139. The van der Waals surface area contributed by atoms with E-state index in [2.05, 4.69) is 5.32 Å². The van der Waals surface area contributed by atoms with Gasteiger partial charge in [0.2, 0.25) is 0 Å². The fourth-order valence-corrected chi connectivity index (χ4v) is 2.51. The van der Waals surface area contributed by atoms with Crippen molar-refractivity contribution in [3.63, 3.8) is 0 Å². The van der Waals surface area contributed by atoms with Crippen LogP contribution in [0.15, 0.2) is 36.4 Å². The van der Waals surface area contributed by atoms with Gasteiger partial charge < -0.3 is 19.9 Å². The summed E-state index contributed by atoms with van der Waals surface area (Å²) in [6.07, 6.45) is 0. The molecular formula is C20H24ClNO4. The van der Waals surface area contributed by atoms with Crippen molar-refractivity contribution < 1.29 is 19.4 Å². The van der Waals surface area contributed by atoms with Crippen molar-refractivity contribution in [2.45, 2.75) is 40.0 Å². The van der Waals surface area contributed by atoms with Crippen molar-refractivity contribution in [2.75, 3.05) is 6.61 Å². The van der Waals surface area contributed by atoms with Crippen LogP contribution < -0.4 is 14.8 Å². The first-order valence-electron chi connectivity index (χ1n) is 8.50. The van der Waals surface area contributed by atoms with Crippen molar-refractivity contribution >= 4 is 17.6 Å². The number of nitrogens with one attached hydrogen (secondary N) is 1. The first kappa shape index (κ1) is 20.1. The summed E-state index contributed by atoms with van der Waals surface area (Å²) in [7, 11) is 0. The van der Waals surface area contributed by atoms with E-state index in [4.69, 9.17) is 26.2 Å². The molecule has 0 radical (unpaired) electrons. The number of benzene rings is 2. The summed E-state index contributed by atoms with van der Waals surface area (Å²) in [5.74, 6) is 0.237. The lowest BCUT2D eigenvalue weighted by Gasteiger charge is -2.16. The number of carboxylic acids is 1. The molecule has 0 saturated carbocycles. The van der Waals surface area contributed by atoms with Crippen molar-refractivity contribution in [3.8, 4) is 11.5 Å². The van der Waals surface area contributed by atoms with Gasteiger partial charge in [0.25, 0.3) is 0 Å². The molecular weight excluding hydrogens is 354 g/mol. The third-order valence-electron chi connectivity index (χ3n) is 3.90. The molecule has 0 amide bonds. The molecule has 6 heteroatoms. The summed E-state index contributed by atoms with van der Waals surface area (Å²) in [6.45, 7) is 6.73. The van der Waals surface area contributed by atoms with E-state index in [9.17, 15) is 4.79 Å². The predicted octanol–water partition coefficient (Wildman–Crippen LogP) is 4.19. The number of carboxylic acid groups (broad SMARTS) is 1. The zero-order valence-corrected chi connectivity index (χ0v) is 16.0. The smallest absolute Gasteiger partial charge is 0.320 e. The van der Waals surface area contributed by atoms with Crippen molar-refractivity contribution in [1.29, 1.82) is 0 Å². The minimum absolute atomic E-state index is 0.324. The maximum absolute atomic E-state index is 10.9. The topological polar surface area (TPSA) is 67.8 Å². The largest absolute Gasteiger partial charge is 0.490 e. The highest BCUT2D eigenvalue weighted by atomic mass is 35.5. The zero-order chi connectivity index (χ0) is 19.1. The summed E-state index contributed by atoms with van der Waals surface area (Å²) in [6, 6.07) is 10.9. The Morgan fingerprint density at radius 2 is 1.85 bits per heavy atom. The van der Waals surface area contributed by atoms with Gasteiger partial charge in [-0.2, -0.15) is 0 Å². The van der Waals surface area contributed by atoms with Crippen LogP contribution in [0.5, 0.6) is 11.5 Å². The molecule has 140 valence electrons. The summed E-state index contributed by atoms with van der Waals surface area (Å²) in [5.41, 5.74) is 3.00. The molecule has 1 unspecified atom stereocenters. The first-order valence-corrected chi connectivity index (χ1v) is 8.88. The second-order valence-corrected chi connectivity index (χ2v) is 6.45. The van der Waals surface area contributed by atoms with Crippen LogP contribution in [0.25, 0.3) is 0 Å². The third-order valence-corrected chi connectivity index (χ3v) is 4.25. The molecule has 2 aromatic carbocycles. The van der Waals surface area contributed by atoms with Crippen LogP contribution in [0, 0.1) is 6.92 Å². The fraction of sp³-hybridized carbons (Fsp3) is 0.350. The number of rotatable bonds is 9.